The Kier molecular flexibility index (Phi) is 14.1. The number of hydrogen-bond donors (Lipinski definition) is 4. The van der Waals surface area contributed by atoms with E-state index in [0.717, 1.165) is 11.1 Å². The van der Waals surface area contributed by atoms with Gasteiger partial charge < -0.3 is 31.2 Å². The number of hydrogen-bond acceptors (Lipinski definition) is 8. The van der Waals surface area contributed by atoms with Crippen molar-refractivity contribution < 1.29 is 33.4 Å². The maximum Gasteiger partial charge on any atom is 0.407 e. The van der Waals surface area contributed by atoms with Crippen LogP contribution in [0.3, 0.4) is 0 Å². The number of carbonyl (C=O) groups excluding carboxylic acids is 5. The van der Waals surface area contributed by atoms with Gasteiger partial charge in [-0.2, -0.15) is 0 Å². The molecule has 0 unspecified atom stereocenters. The number of Topliss-reactive ketones (excluding diaryl/α,β-unsaturated/α-hetero) is 1. The SMILES string of the molecule is N[C@@H](Cc1ccccc1)C(=O)N[C@@H](CCCCNC(=O)OCc1ccccc1)C(=O)NCC(=O)OCC(=O)c1ccccc1. The molecule has 0 saturated heterocycles. The first-order chi connectivity index (χ1) is 21.3. The van der Waals surface area contributed by atoms with Crippen LogP contribution < -0.4 is 21.7 Å². The first-order valence-corrected chi connectivity index (χ1v) is 14.4. The highest BCUT2D eigenvalue weighted by Crippen LogP contribution is 2.06. The third-order valence-electron chi connectivity index (χ3n) is 6.54. The molecule has 0 bridgehead atoms. The molecule has 0 fully saturated rings. The van der Waals surface area contributed by atoms with Crippen molar-refractivity contribution >= 4 is 29.7 Å². The van der Waals surface area contributed by atoms with Gasteiger partial charge in [0.2, 0.25) is 11.8 Å². The summed E-state index contributed by atoms with van der Waals surface area (Å²) in [6.07, 6.45) is 0.893. The summed E-state index contributed by atoms with van der Waals surface area (Å²) in [6, 6.07) is 25.0. The van der Waals surface area contributed by atoms with E-state index in [4.69, 9.17) is 15.2 Å². The maximum absolute atomic E-state index is 13.0. The Bertz CT molecular complexity index is 1350. The van der Waals surface area contributed by atoms with E-state index >= 15 is 0 Å². The lowest BCUT2D eigenvalue weighted by Crippen LogP contribution is -2.52. The predicted octanol–water partition coefficient (Wildman–Crippen LogP) is 2.68. The van der Waals surface area contributed by atoms with Crippen molar-refractivity contribution in [3.05, 3.63) is 108 Å². The number of rotatable bonds is 17. The first-order valence-electron chi connectivity index (χ1n) is 14.4. The van der Waals surface area contributed by atoms with Crippen LogP contribution >= 0.6 is 0 Å². The minimum atomic E-state index is -0.992. The van der Waals surface area contributed by atoms with Crippen molar-refractivity contribution in [1.82, 2.24) is 16.0 Å². The quantitative estimate of drug-likeness (QED) is 0.104. The van der Waals surface area contributed by atoms with E-state index in [-0.39, 0.29) is 25.2 Å². The van der Waals surface area contributed by atoms with Gasteiger partial charge in [-0.05, 0) is 36.8 Å². The number of unbranched alkanes of at least 4 members (excludes halogenated alkanes) is 1. The largest absolute Gasteiger partial charge is 0.456 e. The topological polar surface area (TPSA) is 166 Å². The number of carbonyl (C=O) groups is 5. The Balaban J connectivity index is 1.46. The van der Waals surface area contributed by atoms with Gasteiger partial charge in [-0.15, -0.1) is 0 Å². The van der Waals surface area contributed by atoms with E-state index in [1.165, 1.54) is 0 Å². The standard InChI is InChI=1S/C33H38N4O7/c34-27(20-24-12-4-1-5-13-24)31(40)37-28(18-10-11-19-35-33(42)44-22-25-14-6-2-7-15-25)32(41)36-21-30(39)43-23-29(38)26-16-8-3-9-17-26/h1-9,12-17,27-28H,10-11,18-23,34H2,(H,35,42)(H,36,41)(H,37,40)/t27-,28-/m0/s1. The summed E-state index contributed by atoms with van der Waals surface area (Å²) in [7, 11) is 0. The molecule has 3 aromatic rings. The molecular weight excluding hydrogens is 564 g/mol. The van der Waals surface area contributed by atoms with E-state index in [2.05, 4.69) is 16.0 Å². The molecule has 232 valence electrons. The normalized spacial score (nSPS) is 11.8. The lowest BCUT2D eigenvalue weighted by atomic mass is 10.0. The van der Waals surface area contributed by atoms with Gasteiger partial charge in [0.1, 0.15) is 19.2 Å². The molecule has 2 atom stereocenters. The van der Waals surface area contributed by atoms with Crippen LogP contribution in [0, 0.1) is 0 Å². The number of nitrogens with one attached hydrogen (secondary N) is 3. The maximum atomic E-state index is 13.0. The average Bonchev–Trinajstić information content (AvgIpc) is 3.05. The van der Waals surface area contributed by atoms with Crippen molar-refractivity contribution in [2.45, 2.75) is 44.4 Å². The Labute approximate surface area is 256 Å². The van der Waals surface area contributed by atoms with Crippen LogP contribution in [0.5, 0.6) is 0 Å². The molecule has 0 aliphatic carbocycles. The third-order valence-corrected chi connectivity index (χ3v) is 6.54. The molecule has 0 saturated carbocycles. The smallest absolute Gasteiger partial charge is 0.407 e. The number of benzene rings is 3. The summed E-state index contributed by atoms with van der Waals surface area (Å²) in [4.78, 5) is 62.2. The van der Waals surface area contributed by atoms with Crippen molar-refractivity contribution in [1.29, 1.82) is 0 Å². The number of ether oxygens (including phenoxy) is 2. The van der Waals surface area contributed by atoms with Gasteiger partial charge in [-0.1, -0.05) is 91.0 Å². The zero-order valence-corrected chi connectivity index (χ0v) is 24.4. The van der Waals surface area contributed by atoms with Crippen LogP contribution in [0.25, 0.3) is 0 Å². The Hall–Kier alpha value is -5.03. The Morgan fingerprint density at radius 1 is 0.705 bits per heavy atom. The second kappa shape index (κ2) is 18.5. The van der Waals surface area contributed by atoms with Crippen molar-refractivity contribution in [2.75, 3.05) is 19.7 Å². The van der Waals surface area contributed by atoms with Gasteiger partial charge in [0.25, 0.3) is 0 Å². The van der Waals surface area contributed by atoms with Gasteiger partial charge in [-0.25, -0.2) is 4.79 Å². The minimum Gasteiger partial charge on any atom is -0.456 e. The molecule has 5 N–H and O–H groups in total. The monoisotopic (exact) mass is 602 g/mol. The number of amides is 3. The molecule has 3 rings (SSSR count). The molecule has 3 aromatic carbocycles. The molecule has 11 nitrogen and oxygen atoms in total. The molecule has 3 amide bonds. The highest BCUT2D eigenvalue weighted by molar-refractivity contribution is 5.98. The van der Waals surface area contributed by atoms with Crippen LogP contribution in [-0.4, -0.2) is 61.4 Å². The molecule has 0 aliphatic rings. The summed E-state index contributed by atoms with van der Waals surface area (Å²) >= 11 is 0. The van der Waals surface area contributed by atoms with Gasteiger partial charge in [0.15, 0.2) is 12.4 Å². The van der Waals surface area contributed by atoms with Gasteiger partial charge >= 0.3 is 12.1 Å². The molecule has 0 radical (unpaired) electrons. The molecule has 0 heterocycles. The summed E-state index contributed by atoms with van der Waals surface area (Å²) < 4.78 is 10.2. The summed E-state index contributed by atoms with van der Waals surface area (Å²) in [5.41, 5.74) is 8.24. The minimum absolute atomic E-state index is 0.146. The second-order valence-corrected chi connectivity index (χ2v) is 10.0. The lowest BCUT2D eigenvalue weighted by Gasteiger charge is -2.21. The van der Waals surface area contributed by atoms with Crippen molar-refractivity contribution in [3.63, 3.8) is 0 Å². The highest BCUT2D eigenvalue weighted by Gasteiger charge is 2.24. The number of esters is 1. The zero-order valence-electron chi connectivity index (χ0n) is 24.4. The molecule has 0 aromatic heterocycles. The van der Waals surface area contributed by atoms with E-state index < -0.39 is 49.1 Å². The van der Waals surface area contributed by atoms with Crippen LogP contribution in [0.2, 0.25) is 0 Å². The fourth-order valence-corrected chi connectivity index (χ4v) is 4.13. The van der Waals surface area contributed by atoms with E-state index in [9.17, 15) is 24.0 Å². The highest BCUT2D eigenvalue weighted by atomic mass is 16.5. The Morgan fingerprint density at radius 2 is 1.32 bits per heavy atom. The van der Waals surface area contributed by atoms with Crippen molar-refractivity contribution in [2.24, 2.45) is 5.73 Å². The van der Waals surface area contributed by atoms with E-state index in [0.29, 0.717) is 24.9 Å². The zero-order chi connectivity index (χ0) is 31.6. The number of nitrogens with two attached hydrogens (primary N) is 1. The molecule has 0 spiro atoms. The van der Waals surface area contributed by atoms with Gasteiger partial charge in [-0.3, -0.25) is 19.2 Å². The van der Waals surface area contributed by atoms with Crippen LogP contribution in [0.15, 0.2) is 91.0 Å². The van der Waals surface area contributed by atoms with Crippen LogP contribution in [0.4, 0.5) is 4.79 Å². The lowest BCUT2D eigenvalue weighted by molar-refractivity contribution is -0.143. The third kappa shape index (κ3) is 12.5. The Morgan fingerprint density at radius 3 is 1.98 bits per heavy atom. The van der Waals surface area contributed by atoms with E-state index in [1.807, 2.05) is 60.7 Å². The summed E-state index contributed by atoms with van der Waals surface area (Å²) in [5.74, 6) is -2.30. The van der Waals surface area contributed by atoms with Crippen LogP contribution in [0.1, 0.15) is 40.7 Å². The number of alkyl carbamates (subject to hydrolysis) is 1. The van der Waals surface area contributed by atoms with E-state index in [1.54, 1.807) is 30.3 Å². The summed E-state index contributed by atoms with van der Waals surface area (Å²) in [6.45, 7) is -0.510. The van der Waals surface area contributed by atoms with Gasteiger partial charge in [0.05, 0.1) is 6.04 Å². The average molecular weight is 603 g/mol. The number of ketones is 1. The molecule has 0 aliphatic heterocycles. The fraction of sp³-hybridized carbons (Fsp3) is 0.303. The van der Waals surface area contributed by atoms with Gasteiger partial charge in [0, 0.05) is 12.1 Å². The summed E-state index contributed by atoms with van der Waals surface area (Å²) in [5, 5.41) is 7.80. The molecular formula is C33H38N4O7. The van der Waals surface area contributed by atoms with Crippen LogP contribution in [-0.2, 0) is 36.9 Å². The molecule has 11 heteroatoms. The van der Waals surface area contributed by atoms with Crippen molar-refractivity contribution in [3.8, 4) is 0 Å². The molecule has 44 heavy (non-hydrogen) atoms. The predicted molar refractivity (Wildman–Crippen MR) is 163 cm³/mol. The second-order valence-electron chi connectivity index (χ2n) is 10.0. The first kappa shape index (κ1) is 33.5. The fourth-order valence-electron chi connectivity index (χ4n) is 4.13.